The number of carbonyl (C=O) groups excluding carboxylic acids is 2. The van der Waals surface area contributed by atoms with Crippen molar-refractivity contribution in [3.63, 3.8) is 0 Å². The number of esters is 1. The van der Waals surface area contributed by atoms with E-state index in [2.05, 4.69) is 4.74 Å². The molecule has 7 nitrogen and oxygen atoms in total. The lowest BCUT2D eigenvalue weighted by Crippen LogP contribution is -2.27. The first kappa shape index (κ1) is 25.6. The Bertz CT molecular complexity index is 954. The van der Waals surface area contributed by atoms with Crippen LogP contribution in [0.5, 0.6) is 11.5 Å². The van der Waals surface area contributed by atoms with Crippen molar-refractivity contribution in [1.82, 2.24) is 0 Å². The topological polar surface area (TPSA) is 80.3 Å². The minimum Gasteiger partial charge on any atom is -0.465 e. The summed E-state index contributed by atoms with van der Waals surface area (Å²) < 4.78 is 52.6. The number of carbonyl (C=O) groups is 2. The maximum Gasteiger partial charge on any atom is 0.379 e. The molecule has 0 aromatic heterocycles. The van der Waals surface area contributed by atoms with Crippen molar-refractivity contribution in [3.05, 3.63) is 59.7 Å². The largest absolute Gasteiger partial charge is 0.465 e. The van der Waals surface area contributed by atoms with Gasteiger partial charge in [0.1, 0.15) is 28.7 Å². The highest BCUT2D eigenvalue weighted by molar-refractivity contribution is 6.41. The van der Waals surface area contributed by atoms with Gasteiger partial charge in [0.2, 0.25) is 0 Å². The SMILES string of the molecule is COC(=O)C(=O)c1c(F)cccc1OC1CCCCO1.Fc1cccc(OC2CCCCO2)c1. The molecule has 184 valence electrons. The van der Waals surface area contributed by atoms with Crippen LogP contribution in [-0.4, -0.2) is 44.7 Å². The second kappa shape index (κ2) is 13.0. The van der Waals surface area contributed by atoms with Crippen LogP contribution in [-0.2, 0) is 19.0 Å². The van der Waals surface area contributed by atoms with Crippen LogP contribution in [0.4, 0.5) is 8.78 Å². The van der Waals surface area contributed by atoms with E-state index < -0.39 is 29.4 Å². The molecule has 4 rings (SSSR count). The molecule has 2 heterocycles. The van der Waals surface area contributed by atoms with E-state index in [9.17, 15) is 18.4 Å². The number of ether oxygens (including phenoxy) is 5. The summed E-state index contributed by atoms with van der Waals surface area (Å²) in [5, 5.41) is 0. The monoisotopic (exact) mass is 478 g/mol. The van der Waals surface area contributed by atoms with Crippen LogP contribution in [0, 0.1) is 11.6 Å². The van der Waals surface area contributed by atoms with Crippen molar-refractivity contribution in [2.75, 3.05) is 20.3 Å². The molecule has 0 spiro atoms. The molecular formula is C25H28F2O7. The molecular weight excluding hydrogens is 450 g/mol. The molecule has 0 saturated carbocycles. The lowest BCUT2D eigenvalue weighted by atomic mass is 10.1. The Morgan fingerprint density at radius 3 is 2.12 bits per heavy atom. The van der Waals surface area contributed by atoms with E-state index >= 15 is 0 Å². The molecule has 2 aromatic rings. The molecule has 9 heteroatoms. The van der Waals surface area contributed by atoms with E-state index in [1.165, 1.54) is 24.3 Å². The Balaban J connectivity index is 0.000000202. The van der Waals surface area contributed by atoms with Gasteiger partial charge in [0.25, 0.3) is 5.78 Å². The molecule has 0 aliphatic carbocycles. The molecule has 2 aliphatic rings. The van der Waals surface area contributed by atoms with Crippen LogP contribution in [0.1, 0.15) is 48.9 Å². The summed E-state index contributed by atoms with van der Waals surface area (Å²) in [4.78, 5) is 23.1. The van der Waals surface area contributed by atoms with Gasteiger partial charge in [-0.05, 0) is 49.9 Å². The van der Waals surface area contributed by atoms with Crippen LogP contribution in [0.2, 0.25) is 0 Å². The zero-order valence-corrected chi connectivity index (χ0v) is 19.0. The van der Waals surface area contributed by atoms with Gasteiger partial charge < -0.3 is 23.7 Å². The molecule has 0 bridgehead atoms. The van der Waals surface area contributed by atoms with Gasteiger partial charge in [0.05, 0.1) is 20.3 Å². The minimum atomic E-state index is -1.13. The Hall–Kier alpha value is -3.04. The molecule has 0 amide bonds. The normalized spacial score (nSPS) is 19.9. The summed E-state index contributed by atoms with van der Waals surface area (Å²) in [7, 11) is 1.06. The minimum absolute atomic E-state index is 0.00713. The van der Waals surface area contributed by atoms with E-state index in [1.807, 2.05) is 0 Å². The Kier molecular flexibility index (Phi) is 9.78. The molecule has 2 fully saturated rings. The third kappa shape index (κ3) is 7.50. The summed E-state index contributed by atoms with van der Waals surface area (Å²) in [6.45, 7) is 1.29. The number of halogens is 2. The van der Waals surface area contributed by atoms with Crippen LogP contribution >= 0.6 is 0 Å². The number of methoxy groups -OCH3 is 1. The predicted octanol–water partition coefficient (Wildman–Crippen LogP) is 4.82. The summed E-state index contributed by atoms with van der Waals surface area (Å²) in [6, 6.07) is 10.1. The van der Waals surface area contributed by atoms with Crippen molar-refractivity contribution in [2.24, 2.45) is 0 Å². The number of rotatable bonds is 6. The summed E-state index contributed by atoms with van der Waals surface area (Å²) in [5.41, 5.74) is -0.423. The highest BCUT2D eigenvalue weighted by Crippen LogP contribution is 2.26. The van der Waals surface area contributed by atoms with Gasteiger partial charge in [-0.15, -0.1) is 0 Å². The van der Waals surface area contributed by atoms with Gasteiger partial charge in [0.15, 0.2) is 12.6 Å². The molecule has 2 aliphatic heterocycles. The maximum absolute atomic E-state index is 13.8. The van der Waals surface area contributed by atoms with Gasteiger partial charge >= 0.3 is 5.97 Å². The number of Topliss-reactive ketones (excluding diaryl/α,β-unsaturated/α-hetero) is 1. The van der Waals surface area contributed by atoms with Crippen molar-refractivity contribution < 1.29 is 42.1 Å². The molecule has 34 heavy (non-hydrogen) atoms. The first-order chi connectivity index (χ1) is 16.5. The molecule has 2 atom stereocenters. The highest BCUT2D eigenvalue weighted by Gasteiger charge is 2.27. The Labute approximate surface area is 196 Å². The van der Waals surface area contributed by atoms with Gasteiger partial charge in [-0.1, -0.05) is 12.1 Å². The van der Waals surface area contributed by atoms with E-state index in [0.717, 1.165) is 51.9 Å². The zero-order valence-electron chi connectivity index (χ0n) is 19.0. The number of hydrogen-bond acceptors (Lipinski definition) is 7. The molecule has 2 saturated heterocycles. The molecule has 0 radical (unpaired) electrons. The average molecular weight is 478 g/mol. The van der Waals surface area contributed by atoms with Gasteiger partial charge in [-0.3, -0.25) is 4.79 Å². The van der Waals surface area contributed by atoms with Gasteiger partial charge in [-0.2, -0.15) is 0 Å². The summed E-state index contributed by atoms with van der Waals surface area (Å²) in [5.74, 6) is -2.78. The molecule has 2 unspecified atom stereocenters. The number of hydrogen-bond donors (Lipinski definition) is 0. The van der Waals surface area contributed by atoms with E-state index in [0.29, 0.717) is 18.8 Å². The third-order valence-electron chi connectivity index (χ3n) is 5.17. The second-order valence-electron chi connectivity index (χ2n) is 7.72. The van der Waals surface area contributed by atoms with Crippen LogP contribution < -0.4 is 9.47 Å². The number of benzene rings is 2. The fourth-order valence-electron chi connectivity index (χ4n) is 3.46. The third-order valence-corrected chi connectivity index (χ3v) is 5.17. The Morgan fingerprint density at radius 1 is 0.882 bits per heavy atom. The molecule has 2 aromatic carbocycles. The zero-order chi connectivity index (χ0) is 24.3. The fourth-order valence-corrected chi connectivity index (χ4v) is 3.46. The fraction of sp³-hybridized carbons (Fsp3) is 0.440. The lowest BCUT2D eigenvalue weighted by Gasteiger charge is -2.24. The van der Waals surface area contributed by atoms with Gasteiger partial charge in [-0.25, -0.2) is 13.6 Å². The highest BCUT2D eigenvalue weighted by atomic mass is 19.1. The van der Waals surface area contributed by atoms with Gasteiger partial charge in [0, 0.05) is 18.9 Å². The van der Waals surface area contributed by atoms with E-state index in [1.54, 1.807) is 12.1 Å². The van der Waals surface area contributed by atoms with Crippen molar-refractivity contribution in [3.8, 4) is 11.5 Å². The van der Waals surface area contributed by atoms with Crippen molar-refractivity contribution in [1.29, 1.82) is 0 Å². The maximum atomic E-state index is 13.8. The first-order valence-corrected chi connectivity index (χ1v) is 11.2. The van der Waals surface area contributed by atoms with Crippen LogP contribution in [0.25, 0.3) is 0 Å². The smallest absolute Gasteiger partial charge is 0.379 e. The standard InChI is InChI=1S/C14H15FO5.C11H13FO2/c1-18-14(17)13(16)12-9(15)5-4-6-10(12)20-11-7-2-3-8-19-11;12-9-4-3-5-10(8-9)14-11-6-1-2-7-13-11/h4-6,11H,2-3,7-8H2,1H3;3-5,8,11H,1-2,6-7H2. The van der Waals surface area contributed by atoms with Crippen LogP contribution in [0.15, 0.2) is 42.5 Å². The predicted molar refractivity (Wildman–Crippen MR) is 118 cm³/mol. The second-order valence-corrected chi connectivity index (χ2v) is 7.72. The summed E-state index contributed by atoms with van der Waals surface area (Å²) in [6.07, 6.45) is 4.87. The quantitative estimate of drug-likeness (QED) is 0.335. The first-order valence-electron chi connectivity index (χ1n) is 11.2. The van der Waals surface area contributed by atoms with E-state index in [-0.39, 0.29) is 17.9 Å². The van der Waals surface area contributed by atoms with Crippen LogP contribution in [0.3, 0.4) is 0 Å². The molecule has 0 N–H and O–H groups in total. The average Bonchev–Trinajstić information content (AvgIpc) is 2.85. The number of ketones is 1. The lowest BCUT2D eigenvalue weighted by molar-refractivity contribution is -0.135. The van der Waals surface area contributed by atoms with Crippen molar-refractivity contribution in [2.45, 2.75) is 51.1 Å². The van der Waals surface area contributed by atoms with Crippen molar-refractivity contribution >= 4 is 11.8 Å². The summed E-state index contributed by atoms with van der Waals surface area (Å²) >= 11 is 0. The van der Waals surface area contributed by atoms with E-state index in [4.69, 9.17) is 18.9 Å². The Morgan fingerprint density at radius 2 is 1.53 bits per heavy atom.